The lowest BCUT2D eigenvalue weighted by Crippen LogP contribution is -2.48. The predicted molar refractivity (Wildman–Crippen MR) is 98.4 cm³/mol. The molecule has 2 heterocycles. The van der Waals surface area contributed by atoms with Gasteiger partial charge in [0.1, 0.15) is 10.0 Å². The van der Waals surface area contributed by atoms with Crippen LogP contribution in [-0.2, 0) is 23.6 Å². The van der Waals surface area contributed by atoms with Crippen LogP contribution in [0.1, 0.15) is 11.3 Å². The number of halogens is 2. The second-order valence-corrected chi connectivity index (χ2v) is 8.81. The number of hydrogen-bond acceptors (Lipinski definition) is 4. The average Bonchev–Trinajstić information content (AvgIpc) is 2.81. The normalized spacial score (nSPS) is 17.1. The molecule has 0 aliphatic carbocycles. The lowest BCUT2D eigenvalue weighted by Gasteiger charge is -2.34. The van der Waals surface area contributed by atoms with Crippen LogP contribution in [0.2, 0.25) is 10.2 Å². The molecular formula is C16H20Cl2N4O2S. The van der Waals surface area contributed by atoms with Crippen molar-refractivity contribution < 1.29 is 8.42 Å². The molecule has 1 fully saturated rings. The SMILES string of the molecule is Cc1nn(C)c(Cl)c1S(=O)(=O)N1CCN(Cc2cccc(Cl)c2)CC1. The topological polar surface area (TPSA) is 58.4 Å². The Morgan fingerprint density at radius 3 is 2.40 bits per heavy atom. The van der Waals surface area contributed by atoms with Crippen molar-refractivity contribution in [2.24, 2.45) is 7.05 Å². The summed E-state index contributed by atoms with van der Waals surface area (Å²) in [5, 5.41) is 4.97. The van der Waals surface area contributed by atoms with Crippen molar-refractivity contribution in [1.82, 2.24) is 19.0 Å². The van der Waals surface area contributed by atoms with Gasteiger partial charge in [-0.1, -0.05) is 35.3 Å². The predicted octanol–water partition coefficient (Wildman–Crippen LogP) is 2.54. The van der Waals surface area contributed by atoms with Gasteiger partial charge in [0, 0.05) is 44.8 Å². The third kappa shape index (κ3) is 3.85. The molecule has 1 aromatic heterocycles. The minimum atomic E-state index is -3.64. The van der Waals surface area contributed by atoms with Crippen LogP contribution in [0, 0.1) is 6.92 Å². The molecule has 1 saturated heterocycles. The summed E-state index contributed by atoms with van der Waals surface area (Å²) in [6.45, 7) is 4.57. The highest BCUT2D eigenvalue weighted by Gasteiger charge is 2.33. The van der Waals surface area contributed by atoms with E-state index in [1.165, 1.54) is 8.99 Å². The molecule has 9 heteroatoms. The lowest BCUT2D eigenvalue weighted by atomic mass is 10.2. The van der Waals surface area contributed by atoms with Crippen molar-refractivity contribution in [3.63, 3.8) is 0 Å². The molecule has 6 nitrogen and oxygen atoms in total. The Balaban J connectivity index is 1.69. The second-order valence-electron chi connectivity index (χ2n) is 6.14. The molecule has 1 aliphatic rings. The first kappa shape index (κ1) is 18.7. The van der Waals surface area contributed by atoms with Gasteiger partial charge in [0.15, 0.2) is 0 Å². The van der Waals surface area contributed by atoms with Crippen LogP contribution in [0.5, 0.6) is 0 Å². The third-order valence-electron chi connectivity index (χ3n) is 4.32. The van der Waals surface area contributed by atoms with Gasteiger partial charge >= 0.3 is 0 Å². The van der Waals surface area contributed by atoms with E-state index < -0.39 is 10.0 Å². The van der Waals surface area contributed by atoms with Crippen molar-refractivity contribution >= 4 is 33.2 Å². The minimum Gasteiger partial charge on any atom is -0.296 e. The first-order chi connectivity index (χ1) is 11.8. The van der Waals surface area contributed by atoms with Gasteiger partial charge in [-0.05, 0) is 24.6 Å². The van der Waals surface area contributed by atoms with Gasteiger partial charge in [0.2, 0.25) is 10.0 Å². The van der Waals surface area contributed by atoms with Gasteiger partial charge in [-0.2, -0.15) is 9.40 Å². The summed E-state index contributed by atoms with van der Waals surface area (Å²) in [7, 11) is -2.00. The summed E-state index contributed by atoms with van der Waals surface area (Å²) in [4.78, 5) is 2.33. The van der Waals surface area contributed by atoms with Gasteiger partial charge in [-0.15, -0.1) is 0 Å². The van der Waals surface area contributed by atoms with Gasteiger partial charge in [-0.25, -0.2) is 8.42 Å². The average molecular weight is 403 g/mol. The van der Waals surface area contributed by atoms with Crippen LogP contribution in [-0.4, -0.2) is 53.6 Å². The zero-order valence-electron chi connectivity index (χ0n) is 14.1. The van der Waals surface area contributed by atoms with Gasteiger partial charge < -0.3 is 0 Å². The fourth-order valence-corrected chi connectivity index (χ4v) is 5.40. The third-order valence-corrected chi connectivity index (χ3v) is 7.15. The highest BCUT2D eigenvalue weighted by atomic mass is 35.5. The summed E-state index contributed by atoms with van der Waals surface area (Å²) in [6.07, 6.45) is 0. The van der Waals surface area contributed by atoms with Crippen molar-refractivity contribution in [2.45, 2.75) is 18.4 Å². The molecule has 0 amide bonds. The molecule has 0 atom stereocenters. The van der Waals surface area contributed by atoms with Crippen molar-refractivity contribution in [3.05, 3.63) is 45.7 Å². The number of rotatable bonds is 4. The maximum Gasteiger partial charge on any atom is 0.248 e. The highest BCUT2D eigenvalue weighted by molar-refractivity contribution is 7.89. The van der Waals surface area contributed by atoms with E-state index in [1.54, 1.807) is 14.0 Å². The molecule has 0 saturated carbocycles. The van der Waals surface area contributed by atoms with E-state index in [2.05, 4.69) is 10.00 Å². The van der Waals surface area contributed by atoms with Gasteiger partial charge in [0.25, 0.3) is 0 Å². The number of hydrogen-bond donors (Lipinski definition) is 0. The molecule has 1 aliphatic heterocycles. The van der Waals surface area contributed by atoms with Crippen molar-refractivity contribution in [1.29, 1.82) is 0 Å². The molecule has 2 aromatic rings. The minimum absolute atomic E-state index is 0.111. The number of sulfonamides is 1. The molecule has 0 N–H and O–H groups in total. The maximum absolute atomic E-state index is 12.9. The lowest BCUT2D eigenvalue weighted by molar-refractivity contribution is 0.181. The maximum atomic E-state index is 12.9. The van der Waals surface area contributed by atoms with Crippen molar-refractivity contribution in [2.75, 3.05) is 26.2 Å². The Hall–Kier alpha value is -1.12. The summed E-state index contributed by atoms with van der Waals surface area (Å²) in [5.41, 5.74) is 1.55. The Kier molecular flexibility index (Phi) is 5.41. The molecule has 136 valence electrons. The monoisotopic (exact) mass is 402 g/mol. The highest BCUT2D eigenvalue weighted by Crippen LogP contribution is 2.28. The fourth-order valence-electron chi connectivity index (χ4n) is 3.05. The van der Waals surface area contributed by atoms with Crippen LogP contribution in [0.25, 0.3) is 0 Å². The second kappa shape index (κ2) is 7.25. The van der Waals surface area contributed by atoms with Gasteiger partial charge in [0.05, 0.1) is 5.69 Å². The summed E-state index contributed by atoms with van der Waals surface area (Å²) < 4.78 is 28.7. The molecule has 25 heavy (non-hydrogen) atoms. The largest absolute Gasteiger partial charge is 0.296 e. The van der Waals surface area contributed by atoms with Crippen molar-refractivity contribution in [3.8, 4) is 0 Å². The molecule has 0 radical (unpaired) electrons. The first-order valence-electron chi connectivity index (χ1n) is 7.95. The number of aromatic nitrogens is 2. The number of benzene rings is 1. The number of nitrogens with zero attached hydrogens (tertiary/aromatic N) is 4. The van der Waals surface area contributed by atoms with Crippen LogP contribution in [0.15, 0.2) is 29.2 Å². The van der Waals surface area contributed by atoms with E-state index in [-0.39, 0.29) is 10.0 Å². The molecule has 0 unspecified atom stereocenters. The molecule has 1 aromatic carbocycles. The van der Waals surface area contributed by atoms with Crippen LogP contribution >= 0.6 is 23.2 Å². The van der Waals surface area contributed by atoms with Crippen LogP contribution in [0.3, 0.4) is 0 Å². The van der Waals surface area contributed by atoms with Crippen LogP contribution < -0.4 is 0 Å². The van der Waals surface area contributed by atoms with E-state index in [0.29, 0.717) is 36.9 Å². The zero-order chi connectivity index (χ0) is 18.2. The molecule has 3 rings (SSSR count). The van der Waals surface area contributed by atoms with E-state index in [9.17, 15) is 8.42 Å². The molecular weight excluding hydrogens is 383 g/mol. The first-order valence-corrected chi connectivity index (χ1v) is 10.1. The Labute approximate surface area is 158 Å². The standard InChI is InChI=1S/C16H20Cl2N4O2S/c1-12-15(16(18)20(2)19-12)25(23,24)22-8-6-21(7-9-22)11-13-4-3-5-14(17)10-13/h3-5,10H,6-9,11H2,1-2H3. The van der Waals surface area contributed by atoms with Gasteiger partial charge in [-0.3, -0.25) is 9.58 Å². The fraction of sp³-hybridized carbons (Fsp3) is 0.438. The zero-order valence-corrected chi connectivity index (χ0v) is 16.4. The van der Waals surface area contributed by atoms with E-state index >= 15 is 0 Å². The van der Waals surface area contributed by atoms with E-state index in [4.69, 9.17) is 23.2 Å². The van der Waals surface area contributed by atoms with Crippen LogP contribution in [0.4, 0.5) is 0 Å². The smallest absolute Gasteiger partial charge is 0.248 e. The Morgan fingerprint density at radius 1 is 1.16 bits per heavy atom. The Bertz CT molecular complexity index is 874. The van der Waals surface area contributed by atoms with E-state index in [1.807, 2.05) is 24.3 Å². The molecule has 0 spiro atoms. The quantitative estimate of drug-likeness (QED) is 0.788. The Morgan fingerprint density at radius 2 is 1.84 bits per heavy atom. The number of piperazine rings is 1. The summed E-state index contributed by atoms with van der Waals surface area (Å²) in [5.74, 6) is 0. The summed E-state index contributed by atoms with van der Waals surface area (Å²) >= 11 is 12.2. The molecule has 0 bridgehead atoms. The van der Waals surface area contributed by atoms with E-state index in [0.717, 1.165) is 12.1 Å². The number of aryl methyl sites for hydroxylation is 2. The summed E-state index contributed by atoms with van der Waals surface area (Å²) in [6, 6.07) is 7.72.